The SMILES string of the molecule is CC(=O)Nc1ccc(F)c(F)c1.CCC(C)C1CCCC(Cc2cccc(-c3ncc[nH]3)c2)C1.CCCCN1CCCC1. The van der Waals surface area contributed by atoms with Gasteiger partial charge in [0.25, 0.3) is 0 Å². The van der Waals surface area contributed by atoms with Crippen molar-refractivity contribution in [1.29, 1.82) is 0 Å². The van der Waals surface area contributed by atoms with Crippen LogP contribution in [-0.4, -0.2) is 40.4 Å². The van der Waals surface area contributed by atoms with E-state index in [9.17, 15) is 13.6 Å². The van der Waals surface area contributed by atoms with E-state index in [0.29, 0.717) is 0 Å². The number of aromatic amines is 1. The van der Waals surface area contributed by atoms with Crippen molar-refractivity contribution in [2.24, 2.45) is 17.8 Å². The lowest BCUT2D eigenvalue weighted by molar-refractivity contribution is -0.114. The van der Waals surface area contributed by atoms with Gasteiger partial charge in [-0.25, -0.2) is 13.8 Å². The maximum atomic E-state index is 12.5. The first kappa shape index (κ1) is 34.4. The molecule has 2 fully saturated rings. The van der Waals surface area contributed by atoms with Gasteiger partial charge in [0.2, 0.25) is 5.91 Å². The molecular weight excluding hydrogens is 542 g/mol. The number of H-pyrrole nitrogens is 1. The monoisotopic (exact) mass is 594 g/mol. The van der Waals surface area contributed by atoms with Crippen LogP contribution in [-0.2, 0) is 11.2 Å². The van der Waals surface area contributed by atoms with Gasteiger partial charge in [0.1, 0.15) is 5.82 Å². The van der Waals surface area contributed by atoms with Crippen molar-refractivity contribution in [3.8, 4) is 11.4 Å². The molecule has 0 spiro atoms. The number of amides is 1. The zero-order valence-corrected chi connectivity index (χ0v) is 26.7. The first-order chi connectivity index (χ1) is 20.8. The molecule has 0 radical (unpaired) electrons. The molecule has 5 nitrogen and oxygen atoms in total. The van der Waals surface area contributed by atoms with Crippen LogP contribution in [0.1, 0.15) is 91.0 Å². The van der Waals surface area contributed by atoms with Crippen LogP contribution in [0.15, 0.2) is 54.9 Å². The molecule has 3 aromatic rings. The van der Waals surface area contributed by atoms with Gasteiger partial charge in [0.05, 0.1) is 0 Å². The summed E-state index contributed by atoms with van der Waals surface area (Å²) >= 11 is 0. The number of nitrogens with one attached hydrogen (secondary N) is 2. The molecule has 236 valence electrons. The van der Waals surface area contributed by atoms with Crippen LogP contribution < -0.4 is 5.32 Å². The third-order valence-corrected chi connectivity index (χ3v) is 8.76. The Bertz CT molecular complexity index is 1210. The number of imidazole rings is 1. The highest BCUT2D eigenvalue weighted by Crippen LogP contribution is 2.36. The normalized spacial score (nSPS) is 19.0. The molecular formula is C36H52F2N4O. The molecule has 2 N–H and O–H groups in total. The van der Waals surface area contributed by atoms with Crippen molar-refractivity contribution in [3.05, 3.63) is 72.1 Å². The average molecular weight is 595 g/mol. The third-order valence-electron chi connectivity index (χ3n) is 8.76. The minimum Gasteiger partial charge on any atom is -0.345 e. The van der Waals surface area contributed by atoms with E-state index in [2.05, 4.69) is 65.2 Å². The number of carbonyl (C=O) groups is 1. The fraction of sp³-hybridized carbons (Fsp3) is 0.556. The number of aromatic nitrogens is 2. The zero-order valence-electron chi connectivity index (χ0n) is 26.7. The molecule has 43 heavy (non-hydrogen) atoms. The van der Waals surface area contributed by atoms with Crippen LogP contribution >= 0.6 is 0 Å². The molecule has 2 aromatic carbocycles. The first-order valence-electron chi connectivity index (χ1n) is 16.3. The van der Waals surface area contributed by atoms with Gasteiger partial charge in [0, 0.05) is 36.6 Å². The van der Waals surface area contributed by atoms with Gasteiger partial charge in [-0.1, -0.05) is 71.1 Å². The number of anilines is 1. The largest absolute Gasteiger partial charge is 0.345 e. The number of rotatable bonds is 9. The smallest absolute Gasteiger partial charge is 0.221 e. The van der Waals surface area contributed by atoms with Crippen LogP contribution in [0.2, 0.25) is 0 Å². The van der Waals surface area contributed by atoms with E-state index >= 15 is 0 Å². The van der Waals surface area contributed by atoms with Gasteiger partial charge in [-0.15, -0.1) is 0 Å². The standard InChI is InChI=1S/C20H28N2.C8H7F2NO.C8H17N/c1-3-15(2)18-8-4-6-16(13-18)12-17-7-5-9-19(14-17)20-21-10-11-22-20;1-5(12)11-6-2-3-7(9)8(10)4-6;1-2-3-6-9-7-4-5-8-9/h5,7,9-11,14-16,18H,3-4,6,8,12-13H2,1-2H3,(H,21,22);2-4H,1H3,(H,11,12);2-8H2,1H3. The van der Waals surface area contributed by atoms with E-state index in [4.69, 9.17) is 0 Å². The van der Waals surface area contributed by atoms with Gasteiger partial charge in [0.15, 0.2) is 11.6 Å². The zero-order chi connectivity index (χ0) is 31.0. The average Bonchev–Trinajstić information content (AvgIpc) is 3.74. The van der Waals surface area contributed by atoms with Gasteiger partial charge in [-0.05, 0) is 93.3 Å². The second-order valence-corrected chi connectivity index (χ2v) is 12.2. The fourth-order valence-corrected chi connectivity index (χ4v) is 6.14. The second-order valence-electron chi connectivity index (χ2n) is 12.2. The van der Waals surface area contributed by atoms with Crippen molar-refractivity contribution >= 4 is 11.6 Å². The highest BCUT2D eigenvalue weighted by atomic mass is 19.2. The quantitative estimate of drug-likeness (QED) is 0.260. The topological polar surface area (TPSA) is 61.0 Å². The summed E-state index contributed by atoms with van der Waals surface area (Å²) in [4.78, 5) is 20.6. The molecule has 0 bridgehead atoms. The molecule has 5 rings (SSSR count). The van der Waals surface area contributed by atoms with Gasteiger partial charge in [-0.2, -0.15) is 0 Å². The summed E-state index contributed by atoms with van der Waals surface area (Å²) in [5, 5.41) is 2.33. The van der Waals surface area contributed by atoms with E-state index in [0.717, 1.165) is 35.7 Å². The number of likely N-dealkylation sites (tertiary alicyclic amines) is 1. The van der Waals surface area contributed by atoms with E-state index in [1.165, 1.54) is 108 Å². The Morgan fingerprint density at radius 2 is 1.86 bits per heavy atom. The van der Waals surface area contributed by atoms with E-state index in [-0.39, 0.29) is 11.6 Å². The molecule has 7 heteroatoms. The van der Waals surface area contributed by atoms with Crippen LogP contribution in [0.4, 0.5) is 14.5 Å². The second kappa shape index (κ2) is 18.6. The predicted octanol–water partition coefficient (Wildman–Crippen LogP) is 9.28. The van der Waals surface area contributed by atoms with Crippen molar-refractivity contribution in [2.75, 3.05) is 25.0 Å². The van der Waals surface area contributed by atoms with Crippen LogP contribution in [0.5, 0.6) is 0 Å². The molecule has 1 saturated heterocycles. The summed E-state index contributed by atoms with van der Waals surface area (Å²) in [7, 11) is 0. The lowest BCUT2D eigenvalue weighted by Crippen LogP contribution is -2.22. The molecule has 2 aliphatic rings. The fourth-order valence-electron chi connectivity index (χ4n) is 6.14. The number of carbonyl (C=O) groups excluding carboxylic acids is 1. The lowest BCUT2D eigenvalue weighted by atomic mass is 9.73. The molecule has 1 aromatic heterocycles. The summed E-state index contributed by atoms with van der Waals surface area (Å²) in [6.45, 7) is 12.4. The molecule has 1 aliphatic carbocycles. The van der Waals surface area contributed by atoms with Gasteiger partial charge < -0.3 is 15.2 Å². The highest BCUT2D eigenvalue weighted by Gasteiger charge is 2.25. The van der Waals surface area contributed by atoms with E-state index in [1.807, 2.05) is 12.4 Å². The maximum Gasteiger partial charge on any atom is 0.221 e. The Labute approximate surface area is 257 Å². The van der Waals surface area contributed by atoms with Crippen LogP contribution in [0, 0.1) is 29.4 Å². The molecule has 3 atom stereocenters. The minimum absolute atomic E-state index is 0.251. The Morgan fingerprint density at radius 3 is 2.51 bits per heavy atom. The number of unbranched alkanes of at least 4 members (excludes halogenated alkanes) is 1. The Morgan fingerprint density at radius 1 is 1.07 bits per heavy atom. The summed E-state index contributed by atoms with van der Waals surface area (Å²) in [6, 6.07) is 12.1. The Balaban J connectivity index is 0.000000202. The van der Waals surface area contributed by atoms with Crippen molar-refractivity contribution < 1.29 is 13.6 Å². The van der Waals surface area contributed by atoms with E-state index < -0.39 is 11.6 Å². The number of benzene rings is 2. The van der Waals surface area contributed by atoms with Crippen molar-refractivity contribution in [1.82, 2.24) is 14.9 Å². The number of hydrogen-bond donors (Lipinski definition) is 2. The Kier molecular flexibility index (Phi) is 14.9. The van der Waals surface area contributed by atoms with Gasteiger partial charge >= 0.3 is 0 Å². The van der Waals surface area contributed by atoms with Crippen molar-refractivity contribution in [2.45, 2.75) is 91.9 Å². The van der Waals surface area contributed by atoms with Crippen molar-refractivity contribution in [3.63, 3.8) is 0 Å². The molecule has 1 amide bonds. The summed E-state index contributed by atoms with van der Waals surface area (Å²) in [5.41, 5.74) is 2.92. The summed E-state index contributed by atoms with van der Waals surface area (Å²) in [6.07, 6.45) is 17.5. The number of nitrogens with zero attached hydrogens (tertiary/aromatic N) is 2. The van der Waals surface area contributed by atoms with Crippen LogP contribution in [0.25, 0.3) is 11.4 Å². The molecule has 2 heterocycles. The Hall–Kier alpha value is -3.06. The minimum atomic E-state index is -0.971. The highest BCUT2D eigenvalue weighted by molar-refractivity contribution is 5.88. The van der Waals surface area contributed by atoms with Crippen LogP contribution in [0.3, 0.4) is 0 Å². The predicted molar refractivity (Wildman–Crippen MR) is 174 cm³/mol. The van der Waals surface area contributed by atoms with E-state index in [1.54, 1.807) is 0 Å². The summed E-state index contributed by atoms with van der Waals surface area (Å²) < 4.78 is 24.9. The maximum absolute atomic E-state index is 12.5. The molecule has 1 aliphatic heterocycles. The first-order valence-corrected chi connectivity index (χ1v) is 16.3. The number of halogens is 2. The summed E-state index contributed by atoms with van der Waals surface area (Å²) in [5.74, 6) is 1.45. The van der Waals surface area contributed by atoms with Gasteiger partial charge in [-0.3, -0.25) is 4.79 Å². The molecule has 1 saturated carbocycles. The molecule has 3 unspecified atom stereocenters. The third kappa shape index (κ3) is 12.2. The number of hydrogen-bond acceptors (Lipinski definition) is 3. The lowest BCUT2D eigenvalue weighted by Gasteiger charge is -2.32.